The molecule has 2 aromatic carbocycles. The van der Waals surface area contributed by atoms with E-state index in [9.17, 15) is 0 Å². The monoisotopic (exact) mass is 255 g/mol. The van der Waals surface area contributed by atoms with Crippen LogP contribution in [-0.2, 0) is 6.54 Å². The molecule has 0 atom stereocenters. The summed E-state index contributed by atoms with van der Waals surface area (Å²) in [5.74, 6) is 0.928. The van der Waals surface area contributed by atoms with Crippen LogP contribution >= 0.6 is 0 Å². The van der Waals surface area contributed by atoms with Gasteiger partial charge in [0.25, 0.3) is 0 Å². The molecule has 0 aliphatic heterocycles. The zero-order valence-corrected chi connectivity index (χ0v) is 11.6. The second kappa shape index (κ2) is 6.95. The van der Waals surface area contributed by atoms with Crippen molar-refractivity contribution in [1.29, 1.82) is 0 Å². The molecular formula is C17H21NO. The Morgan fingerprint density at radius 2 is 1.74 bits per heavy atom. The Hall–Kier alpha value is -1.80. The maximum Gasteiger partial charge on any atom is 0.119 e. The third kappa shape index (κ3) is 3.83. The maximum atomic E-state index is 5.53. The van der Waals surface area contributed by atoms with Gasteiger partial charge in [0, 0.05) is 6.54 Å². The summed E-state index contributed by atoms with van der Waals surface area (Å²) in [7, 11) is 0. The van der Waals surface area contributed by atoms with Crippen LogP contribution in [0.4, 0.5) is 0 Å². The highest BCUT2D eigenvalue weighted by molar-refractivity contribution is 5.65. The van der Waals surface area contributed by atoms with Gasteiger partial charge in [-0.2, -0.15) is 0 Å². The van der Waals surface area contributed by atoms with Gasteiger partial charge in [0.05, 0.1) is 6.61 Å². The quantitative estimate of drug-likeness (QED) is 0.846. The molecule has 0 saturated heterocycles. The largest absolute Gasteiger partial charge is 0.494 e. The highest BCUT2D eigenvalue weighted by Crippen LogP contribution is 2.24. The number of hydrogen-bond donors (Lipinski definition) is 1. The highest BCUT2D eigenvalue weighted by atomic mass is 16.5. The van der Waals surface area contributed by atoms with Crippen molar-refractivity contribution in [2.24, 2.45) is 0 Å². The smallest absolute Gasteiger partial charge is 0.119 e. The van der Waals surface area contributed by atoms with Crippen LogP contribution in [0, 0.1) is 0 Å². The van der Waals surface area contributed by atoms with Gasteiger partial charge in [-0.25, -0.2) is 0 Å². The Bertz CT molecular complexity index is 505. The van der Waals surface area contributed by atoms with Gasteiger partial charge < -0.3 is 10.1 Å². The first-order chi connectivity index (χ1) is 9.33. The summed E-state index contributed by atoms with van der Waals surface area (Å²) in [5, 5.41) is 3.33. The van der Waals surface area contributed by atoms with Crippen LogP contribution < -0.4 is 10.1 Å². The highest BCUT2D eigenvalue weighted by Gasteiger charge is 2.00. The van der Waals surface area contributed by atoms with Gasteiger partial charge in [0.2, 0.25) is 0 Å². The lowest BCUT2D eigenvalue weighted by Gasteiger charge is -2.07. The molecule has 1 N–H and O–H groups in total. The van der Waals surface area contributed by atoms with Crippen LogP contribution in [0.25, 0.3) is 11.1 Å². The predicted octanol–water partition coefficient (Wildman–Crippen LogP) is 3.86. The molecule has 0 aliphatic carbocycles. The topological polar surface area (TPSA) is 21.3 Å². The summed E-state index contributed by atoms with van der Waals surface area (Å²) in [5.41, 5.74) is 3.73. The van der Waals surface area contributed by atoms with Crippen molar-refractivity contribution in [2.45, 2.75) is 20.4 Å². The molecule has 100 valence electrons. The summed E-state index contributed by atoms with van der Waals surface area (Å²) >= 11 is 0. The first kappa shape index (κ1) is 13.6. The van der Waals surface area contributed by atoms with E-state index in [4.69, 9.17) is 4.74 Å². The number of hydrogen-bond acceptors (Lipinski definition) is 2. The summed E-state index contributed by atoms with van der Waals surface area (Å²) in [6.07, 6.45) is 0. The van der Waals surface area contributed by atoms with E-state index in [0.717, 1.165) is 18.8 Å². The van der Waals surface area contributed by atoms with Crippen LogP contribution in [0.15, 0.2) is 48.5 Å². The molecule has 0 radical (unpaired) electrons. The lowest BCUT2D eigenvalue weighted by molar-refractivity contribution is 0.340. The molecule has 0 aromatic heterocycles. The summed E-state index contributed by atoms with van der Waals surface area (Å²) in [6, 6.07) is 16.9. The molecule has 2 aromatic rings. The Labute approximate surface area is 115 Å². The molecule has 0 aliphatic rings. The van der Waals surface area contributed by atoms with Gasteiger partial charge in [-0.1, -0.05) is 43.3 Å². The molecule has 0 fully saturated rings. The summed E-state index contributed by atoms with van der Waals surface area (Å²) in [4.78, 5) is 0. The van der Waals surface area contributed by atoms with E-state index in [0.29, 0.717) is 6.61 Å². The van der Waals surface area contributed by atoms with E-state index in [1.807, 2.05) is 19.1 Å². The van der Waals surface area contributed by atoms with E-state index < -0.39 is 0 Å². The molecular weight excluding hydrogens is 234 g/mol. The molecule has 19 heavy (non-hydrogen) atoms. The Kier molecular flexibility index (Phi) is 4.99. The molecule has 2 nitrogen and oxygen atoms in total. The van der Waals surface area contributed by atoms with E-state index in [-0.39, 0.29) is 0 Å². The van der Waals surface area contributed by atoms with Gasteiger partial charge in [0.1, 0.15) is 5.75 Å². The zero-order chi connectivity index (χ0) is 13.5. The van der Waals surface area contributed by atoms with E-state index in [1.54, 1.807) is 0 Å². The van der Waals surface area contributed by atoms with Crippen LogP contribution in [0.1, 0.15) is 19.4 Å². The van der Waals surface area contributed by atoms with Gasteiger partial charge >= 0.3 is 0 Å². The second-order valence-electron chi connectivity index (χ2n) is 4.44. The molecule has 2 heteroatoms. The minimum absolute atomic E-state index is 0.699. The van der Waals surface area contributed by atoms with Gasteiger partial charge in [-0.3, -0.25) is 0 Å². The molecule has 0 unspecified atom stereocenters. The molecule has 0 spiro atoms. The summed E-state index contributed by atoms with van der Waals surface area (Å²) < 4.78 is 5.53. The van der Waals surface area contributed by atoms with Crippen molar-refractivity contribution < 1.29 is 4.74 Å². The number of ether oxygens (including phenoxy) is 1. The third-order valence-electron chi connectivity index (χ3n) is 3.01. The first-order valence-electron chi connectivity index (χ1n) is 6.86. The van der Waals surface area contributed by atoms with E-state index in [2.05, 4.69) is 48.6 Å². The van der Waals surface area contributed by atoms with Gasteiger partial charge in [-0.05, 0) is 42.3 Å². The average Bonchev–Trinajstić information content (AvgIpc) is 2.46. The SMILES string of the molecule is CCNCc1ccc(-c2cccc(OCC)c2)cc1. The van der Waals surface area contributed by atoms with Crippen molar-refractivity contribution in [1.82, 2.24) is 5.32 Å². The standard InChI is InChI=1S/C17H21NO/c1-3-18-13-14-8-10-15(11-9-14)16-6-5-7-17(12-16)19-4-2/h5-12,18H,3-4,13H2,1-2H3. The molecule has 2 rings (SSSR count). The fraction of sp³-hybridized carbons (Fsp3) is 0.294. The lowest BCUT2D eigenvalue weighted by Crippen LogP contribution is -2.11. The van der Waals surface area contributed by atoms with Crippen molar-refractivity contribution in [3.63, 3.8) is 0 Å². The lowest BCUT2D eigenvalue weighted by atomic mass is 10.0. The molecule has 0 amide bonds. The predicted molar refractivity (Wildman–Crippen MR) is 80.4 cm³/mol. The fourth-order valence-electron chi connectivity index (χ4n) is 2.02. The average molecular weight is 255 g/mol. The third-order valence-corrected chi connectivity index (χ3v) is 3.01. The Morgan fingerprint density at radius 1 is 0.947 bits per heavy atom. The van der Waals surface area contributed by atoms with Gasteiger partial charge in [0.15, 0.2) is 0 Å². The number of benzene rings is 2. The Balaban J connectivity index is 2.14. The van der Waals surface area contributed by atoms with Crippen LogP contribution in [0.3, 0.4) is 0 Å². The zero-order valence-electron chi connectivity index (χ0n) is 11.6. The molecule has 0 bridgehead atoms. The van der Waals surface area contributed by atoms with Crippen molar-refractivity contribution in [2.75, 3.05) is 13.2 Å². The fourth-order valence-corrected chi connectivity index (χ4v) is 2.02. The van der Waals surface area contributed by atoms with E-state index in [1.165, 1.54) is 16.7 Å². The molecule has 0 saturated carbocycles. The summed E-state index contributed by atoms with van der Waals surface area (Å²) in [6.45, 7) is 6.74. The molecule has 0 heterocycles. The number of nitrogens with one attached hydrogen (secondary N) is 1. The Morgan fingerprint density at radius 3 is 2.42 bits per heavy atom. The normalized spacial score (nSPS) is 10.4. The first-order valence-corrected chi connectivity index (χ1v) is 6.86. The van der Waals surface area contributed by atoms with Gasteiger partial charge in [-0.15, -0.1) is 0 Å². The van der Waals surface area contributed by atoms with Crippen molar-refractivity contribution in [3.05, 3.63) is 54.1 Å². The van der Waals surface area contributed by atoms with Crippen molar-refractivity contribution >= 4 is 0 Å². The van der Waals surface area contributed by atoms with E-state index >= 15 is 0 Å². The minimum atomic E-state index is 0.699. The number of rotatable bonds is 6. The van der Waals surface area contributed by atoms with Crippen LogP contribution in [0.2, 0.25) is 0 Å². The van der Waals surface area contributed by atoms with Crippen LogP contribution in [-0.4, -0.2) is 13.2 Å². The van der Waals surface area contributed by atoms with Crippen LogP contribution in [0.5, 0.6) is 5.75 Å². The minimum Gasteiger partial charge on any atom is -0.494 e. The second-order valence-corrected chi connectivity index (χ2v) is 4.44. The maximum absolute atomic E-state index is 5.53. The van der Waals surface area contributed by atoms with Crippen molar-refractivity contribution in [3.8, 4) is 16.9 Å².